The molecule has 0 aliphatic heterocycles. The quantitative estimate of drug-likeness (QED) is 0.376. The molecule has 92 valence electrons. The predicted octanol–water partition coefficient (Wildman–Crippen LogP) is -5.47. The summed E-state index contributed by atoms with van der Waals surface area (Å²) in [6, 6.07) is 0. The average molecular weight is 464 g/mol. The zero-order chi connectivity index (χ0) is 13.1. The Hall–Kier alpha value is -0.795. The van der Waals surface area contributed by atoms with Crippen molar-refractivity contribution in [3.8, 4) is 0 Å². The van der Waals surface area contributed by atoms with Gasteiger partial charge in [-0.1, -0.05) is 0 Å². The van der Waals surface area contributed by atoms with Crippen LogP contribution in [0.15, 0.2) is 0 Å². The summed E-state index contributed by atoms with van der Waals surface area (Å²) in [6.45, 7) is 0. The van der Waals surface area contributed by atoms with Gasteiger partial charge >= 0.3 is 39.9 Å². The Balaban J connectivity index is -0.000000218. The van der Waals surface area contributed by atoms with Gasteiger partial charge in [0.05, 0.1) is 0 Å². The molecular formula is C8H8O8Th. The molecule has 0 N–H and O–H groups in total. The van der Waals surface area contributed by atoms with Crippen molar-refractivity contribution in [2.45, 2.75) is 25.7 Å². The Morgan fingerprint density at radius 3 is 0.706 bits per heavy atom. The zero-order valence-corrected chi connectivity index (χ0v) is 12.7. The Morgan fingerprint density at radius 2 is 0.647 bits per heavy atom. The molecule has 0 heterocycles. The first-order valence-electron chi connectivity index (χ1n) is 4.05. The minimum atomic E-state index is -1.37. The van der Waals surface area contributed by atoms with E-state index in [9.17, 15) is 39.6 Å². The molecule has 0 spiro atoms. The smallest absolute Gasteiger partial charge is 0.550 e. The summed E-state index contributed by atoms with van der Waals surface area (Å²) in [6.07, 6.45) is -1.88. The molecule has 0 radical (unpaired) electrons. The fourth-order valence-electron chi connectivity index (χ4n) is 0.408. The van der Waals surface area contributed by atoms with E-state index in [1.807, 2.05) is 0 Å². The summed E-state index contributed by atoms with van der Waals surface area (Å²) >= 11 is 0. The molecule has 8 nitrogen and oxygen atoms in total. The first-order chi connectivity index (χ1) is 7.25. The van der Waals surface area contributed by atoms with Crippen molar-refractivity contribution in [1.82, 2.24) is 0 Å². The van der Waals surface area contributed by atoms with Crippen LogP contribution in [0.25, 0.3) is 0 Å². The van der Waals surface area contributed by atoms with Gasteiger partial charge in [0.2, 0.25) is 0 Å². The van der Waals surface area contributed by atoms with Crippen molar-refractivity contribution in [2.75, 3.05) is 0 Å². The number of carbonyl (C=O) groups excluding carboxylic acids is 4. The fourth-order valence-corrected chi connectivity index (χ4v) is 0.408. The molecule has 0 fully saturated rings. The molecule has 0 aromatic heterocycles. The second-order valence-electron chi connectivity index (χ2n) is 2.49. The third-order valence-electron chi connectivity index (χ3n) is 1.07. The van der Waals surface area contributed by atoms with Crippen molar-refractivity contribution in [3.63, 3.8) is 0 Å². The fraction of sp³-hybridized carbons (Fsp3) is 0.500. The van der Waals surface area contributed by atoms with Gasteiger partial charge in [-0.05, 0) is 25.7 Å². The van der Waals surface area contributed by atoms with Crippen molar-refractivity contribution in [2.24, 2.45) is 0 Å². The van der Waals surface area contributed by atoms with Gasteiger partial charge in [0, 0.05) is 23.9 Å². The van der Waals surface area contributed by atoms with E-state index < -0.39 is 49.6 Å². The van der Waals surface area contributed by atoms with Gasteiger partial charge in [-0.15, -0.1) is 0 Å². The molecule has 0 saturated carbocycles. The molecule has 0 rings (SSSR count). The summed E-state index contributed by atoms with van der Waals surface area (Å²) in [5.41, 5.74) is 0. The monoisotopic (exact) mass is 464 g/mol. The van der Waals surface area contributed by atoms with Crippen LogP contribution in [0.1, 0.15) is 25.7 Å². The van der Waals surface area contributed by atoms with Gasteiger partial charge in [-0.25, -0.2) is 0 Å². The minimum Gasteiger partial charge on any atom is -0.550 e. The summed E-state index contributed by atoms with van der Waals surface area (Å²) in [7, 11) is 0. The van der Waals surface area contributed by atoms with E-state index in [0.717, 1.165) is 0 Å². The Labute approximate surface area is 128 Å². The normalized spacial score (nSPS) is 8.00. The number of carbonyl (C=O) groups is 4. The van der Waals surface area contributed by atoms with Crippen LogP contribution in [0.5, 0.6) is 0 Å². The van der Waals surface area contributed by atoms with E-state index in [4.69, 9.17) is 0 Å². The summed E-state index contributed by atoms with van der Waals surface area (Å²) in [4.78, 5) is 38.0. The van der Waals surface area contributed by atoms with Crippen molar-refractivity contribution >= 4 is 23.9 Å². The molecule has 0 aliphatic rings. The van der Waals surface area contributed by atoms with Crippen LogP contribution in [-0.4, -0.2) is 23.9 Å². The number of carboxylic acids is 4. The third kappa shape index (κ3) is 31.3. The molecule has 0 aromatic carbocycles. The predicted molar refractivity (Wildman–Crippen MR) is 38.5 cm³/mol. The van der Waals surface area contributed by atoms with E-state index in [2.05, 4.69) is 0 Å². The van der Waals surface area contributed by atoms with Crippen molar-refractivity contribution in [3.05, 3.63) is 0 Å². The van der Waals surface area contributed by atoms with Crippen LogP contribution in [0.3, 0.4) is 0 Å². The summed E-state index contributed by atoms with van der Waals surface area (Å²) in [5, 5.41) is 38.0. The summed E-state index contributed by atoms with van der Waals surface area (Å²) < 4.78 is 0. The summed E-state index contributed by atoms with van der Waals surface area (Å²) in [5.74, 6) is -5.47. The van der Waals surface area contributed by atoms with E-state index in [1.165, 1.54) is 0 Å². The van der Waals surface area contributed by atoms with Crippen LogP contribution in [-0.2, 0) is 19.2 Å². The number of hydrogen-bond acceptors (Lipinski definition) is 8. The van der Waals surface area contributed by atoms with Crippen LogP contribution < -0.4 is 20.4 Å². The Morgan fingerprint density at radius 1 is 0.529 bits per heavy atom. The topological polar surface area (TPSA) is 161 Å². The minimum absolute atomic E-state index is 0. The number of carboxylic acid groups (broad SMARTS) is 4. The van der Waals surface area contributed by atoms with Crippen LogP contribution in [0, 0.1) is 39.9 Å². The van der Waals surface area contributed by atoms with E-state index in [-0.39, 0.29) is 39.9 Å². The van der Waals surface area contributed by atoms with Crippen molar-refractivity contribution < 1.29 is 79.5 Å². The molecule has 0 aromatic rings. The first kappa shape index (κ1) is 21.5. The van der Waals surface area contributed by atoms with Crippen LogP contribution >= 0.6 is 0 Å². The van der Waals surface area contributed by atoms with Gasteiger partial charge in [0.15, 0.2) is 0 Å². The molecule has 0 atom stereocenters. The molecule has 0 unspecified atom stereocenters. The molecule has 0 saturated heterocycles. The van der Waals surface area contributed by atoms with Gasteiger partial charge in [0.25, 0.3) is 0 Å². The maximum Gasteiger partial charge on any atom is 4.00 e. The molecule has 17 heavy (non-hydrogen) atoms. The van der Waals surface area contributed by atoms with Gasteiger partial charge in [-0.3, -0.25) is 0 Å². The molecule has 0 amide bonds. The van der Waals surface area contributed by atoms with Gasteiger partial charge in [-0.2, -0.15) is 0 Å². The number of hydrogen-bond donors (Lipinski definition) is 0. The zero-order valence-electron chi connectivity index (χ0n) is 8.59. The average Bonchev–Trinajstić information content (AvgIpc) is 2.12. The largest absolute Gasteiger partial charge is 4.00 e. The molecular weight excluding hydrogens is 456 g/mol. The van der Waals surface area contributed by atoms with E-state index in [1.54, 1.807) is 0 Å². The maximum atomic E-state index is 9.50. The van der Waals surface area contributed by atoms with Gasteiger partial charge in [0.1, 0.15) is 0 Å². The van der Waals surface area contributed by atoms with Crippen molar-refractivity contribution in [1.29, 1.82) is 0 Å². The second-order valence-corrected chi connectivity index (χ2v) is 2.49. The first-order valence-corrected chi connectivity index (χ1v) is 4.05. The number of rotatable bonds is 6. The number of aliphatic carboxylic acids is 4. The SMILES string of the molecule is O=C([O-])CCC(=O)[O-].O=C([O-])CCC(=O)[O-].[Th+4]. The molecule has 0 aliphatic carbocycles. The standard InChI is InChI=1S/2C4H6O4.Th/c2*5-3(6)1-2-4(7)8;/h2*1-2H2,(H,5,6)(H,7,8);/q;;+4/p-4. The van der Waals surface area contributed by atoms with E-state index >= 15 is 0 Å². The van der Waals surface area contributed by atoms with Gasteiger partial charge < -0.3 is 39.6 Å². The third-order valence-corrected chi connectivity index (χ3v) is 1.07. The second kappa shape index (κ2) is 13.3. The van der Waals surface area contributed by atoms with E-state index in [0.29, 0.717) is 0 Å². The molecule has 0 bridgehead atoms. The Bertz CT molecular complexity index is 219. The maximum absolute atomic E-state index is 9.50. The van der Waals surface area contributed by atoms with Crippen LogP contribution in [0.4, 0.5) is 0 Å². The molecule has 9 heteroatoms. The van der Waals surface area contributed by atoms with Crippen LogP contribution in [0.2, 0.25) is 0 Å². The Kier molecular flexibility index (Phi) is 16.8.